The highest BCUT2D eigenvalue weighted by atomic mass is 16.5. The van der Waals surface area contributed by atoms with Crippen LogP contribution >= 0.6 is 0 Å². The van der Waals surface area contributed by atoms with Crippen LogP contribution in [0.3, 0.4) is 0 Å². The summed E-state index contributed by atoms with van der Waals surface area (Å²) in [4.78, 5) is 23.0. The van der Waals surface area contributed by atoms with Crippen molar-refractivity contribution in [2.24, 2.45) is 11.3 Å². The van der Waals surface area contributed by atoms with Gasteiger partial charge in [-0.15, -0.1) is 0 Å². The third-order valence-corrected chi connectivity index (χ3v) is 5.12. The van der Waals surface area contributed by atoms with Crippen LogP contribution in [-0.4, -0.2) is 25.7 Å². The molecule has 1 rings (SSSR count). The van der Waals surface area contributed by atoms with Crippen molar-refractivity contribution in [1.82, 2.24) is 0 Å². The van der Waals surface area contributed by atoms with E-state index in [1.807, 2.05) is 20.8 Å². The molecule has 0 amide bonds. The molecule has 0 radical (unpaired) electrons. The zero-order valence-corrected chi connectivity index (χ0v) is 18.4. The zero-order valence-electron chi connectivity index (χ0n) is 18.4. The highest BCUT2D eigenvalue weighted by molar-refractivity contribution is 5.75. The molecule has 1 fully saturated rings. The largest absolute Gasteiger partial charge is 0.469 e. The third kappa shape index (κ3) is 11.3. The van der Waals surface area contributed by atoms with Crippen LogP contribution in [-0.2, 0) is 19.1 Å². The van der Waals surface area contributed by atoms with E-state index < -0.39 is 5.41 Å². The fourth-order valence-electron chi connectivity index (χ4n) is 3.34. The minimum Gasteiger partial charge on any atom is -0.469 e. The number of unbranched alkanes of at least 4 members (excludes halogenated alkanes) is 2. The van der Waals surface area contributed by atoms with Gasteiger partial charge in [0, 0.05) is 6.42 Å². The molecule has 0 bridgehead atoms. The molecular weight excluding hydrogens is 352 g/mol. The fourth-order valence-corrected chi connectivity index (χ4v) is 3.34. The Hall–Kier alpha value is -1.58. The van der Waals surface area contributed by atoms with Crippen LogP contribution in [0.1, 0.15) is 91.4 Å². The van der Waals surface area contributed by atoms with Gasteiger partial charge in [0.15, 0.2) is 0 Å². The number of ether oxygens (including phenoxy) is 2. The number of rotatable bonds is 11. The first kappa shape index (κ1) is 24.5. The van der Waals surface area contributed by atoms with Crippen molar-refractivity contribution >= 4 is 11.9 Å². The van der Waals surface area contributed by atoms with Gasteiger partial charge in [-0.25, -0.2) is 0 Å². The molecule has 0 aromatic rings. The highest BCUT2D eigenvalue weighted by Crippen LogP contribution is 2.27. The summed E-state index contributed by atoms with van der Waals surface area (Å²) in [6, 6.07) is 0. The van der Waals surface area contributed by atoms with Crippen molar-refractivity contribution in [3.05, 3.63) is 23.8 Å². The van der Waals surface area contributed by atoms with Gasteiger partial charge >= 0.3 is 11.9 Å². The maximum absolute atomic E-state index is 11.8. The Morgan fingerprint density at radius 1 is 1.00 bits per heavy atom. The maximum atomic E-state index is 11.8. The van der Waals surface area contributed by atoms with Crippen molar-refractivity contribution < 1.29 is 19.1 Å². The molecule has 0 saturated heterocycles. The van der Waals surface area contributed by atoms with Gasteiger partial charge in [0.2, 0.25) is 0 Å². The topological polar surface area (TPSA) is 52.6 Å². The molecule has 0 unspecified atom stereocenters. The smallest absolute Gasteiger partial charge is 0.311 e. The Bertz CT molecular complexity index is 519. The van der Waals surface area contributed by atoms with Crippen LogP contribution in [0, 0.1) is 11.3 Å². The molecule has 0 aromatic carbocycles. The Labute approximate surface area is 171 Å². The molecule has 0 heterocycles. The van der Waals surface area contributed by atoms with E-state index in [0.717, 1.165) is 32.1 Å². The normalized spacial score (nSPS) is 16.4. The van der Waals surface area contributed by atoms with Crippen molar-refractivity contribution in [3.63, 3.8) is 0 Å². The molecular formula is C24H40O4. The Kier molecular flexibility index (Phi) is 11.9. The van der Waals surface area contributed by atoms with Crippen LogP contribution in [0.25, 0.3) is 0 Å². The SMILES string of the molecule is COC(=O)CCC/C=C/C(=C/C1CCCCC1)CCCCOC(=O)C(C)(C)C. The second-order valence-corrected chi connectivity index (χ2v) is 8.85. The molecule has 1 aliphatic carbocycles. The highest BCUT2D eigenvalue weighted by Gasteiger charge is 2.22. The molecule has 1 saturated carbocycles. The molecule has 160 valence electrons. The average molecular weight is 393 g/mol. The van der Waals surface area contributed by atoms with Crippen molar-refractivity contribution in [2.75, 3.05) is 13.7 Å². The number of allylic oxidation sites excluding steroid dienone is 4. The summed E-state index contributed by atoms with van der Waals surface area (Å²) in [7, 11) is 1.43. The lowest BCUT2D eigenvalue weighted by Crippen LogP contribution is -2.23. The van der Waals surface area contributed by atoms with Gasteiger partial charge in [0.05, 0.1) is 19.1 Å². The van der Waals surface area contributed by atoms with Crippen molar-refractivity contribution in [3.8, 4) is 0 Å². The van der Waals surface area contributed by atoms with E-state index in [4.69, 9.17) is 4.74 Å². The number of carbonyl (C=O) groups is 2. The molecule has 4 nitrogen and oxygen atoms in total. The third-order valence-electron chi connectivity index (χ3n) is 5.12. The van der Waals surface area contributed by atoms with Gasteiger partial charge in [-0.1, -0.05) is 43.1 Å². The molecule has 0 atom stereocenters. The Morgan fingerprint density at radius 2 is 1.71 bits per heavy atom. The Balaban J connectivity index is 2.43. The number of methoxy groups -OCH3 is 1. The van der Waals surface area contributed by atoms with Gasteiger partial charge in [-0.2, -0.15) is 0 Å². The monoisotopic (exact) mass is 392 g/mol. The molecule has 4 heteroatoms. The fraction of sp³-hybridized carbons (Fsp3) is 0.750. The minimum absolute atomic E-state index is 0.129. The van der Waals surface area contributed by atoms with E-state index in [9.17, 15) is 9.59 Å². The van der Waals surface area contributed by atoms with Gasteiger partial charge < -0.3 is 9.47 Å². The van der Waals surface area contributed by atoms with Crippen molar-refractivity contribution in [1.29, 1.82) is 0 Å². The minimum atomic E-state index is -0.432. The van der Waals surface area contributed by atoms with Crippen LogP contribution in [0.5, 0.6) is 0 Å². The van der Waals surface area contributed by atoms with Gasteiger partial charge in [-0.05, 0) is 71.6 Å². The first-order valence-corrected chi connectivity index (χ1v) is 10.9. The predicted octanol–water partition coefficient (Wildman–Crippen LogP) is 6.15. The van der Waals surface area contributed by atoms with Gasteiger partial charge in [0.1, 0.15) is 0 Å². The van der Waals surface area contributed by atoms with Crippen LogP contribution in [0.2, 0.25) is 0 Å². The van der Waals surface area contributed by atoms with E-state index in [0.29, 0.717) is 18.9 Å². The van der Waals surface area contributed by atoms with E-state index in [1.54, 1.807) is 0 Å². The van der Waals surface area contributed by atoms with E-state index in [2.05, 4.69) is 23.0 Å². The first-order valence-electron chi connectivity index (χ1n) is 10.9. The van der Waals surface area contributed by atoms with Gasteiger partial charge in [0.25, 0.3) is 0 Å². The summed E-state index contributed by atoms with van der Waals surface area (Å²) >= 11 is 0. The van der Waals surface area contributed by atoms with E-state index in [-0.39, 0.29) is 11.9 Å². The lowest BCUT2D eigenvalue weighted by Gasteiger charge is -2.19. The van der Waals surface area contributed by atoms with Gasteiger partial charge in [-0.3, -0.25) is 9.59 Å². The zero-order chi connectivity index (χ0) is 20.8. The lowest BCUT2D eigenvalue weighted by atomic mass is 9.87. The summed E-state index contributed by atoms with van der Waals surface area (Å²) in [5.74, 6) is 0.425. The Morgan fingerprint density at radius 3 is 2.36 bits per heavy atom. The molecule has 0 aliphatic heterocycles. The number of esters is 2. The average Bonchev–Trinajstić information content (AvgIpc) is 2.66. The number of carbonyl (C=O) groups excluding carboxylic acids is 2. The van der Waals surface area contributed by atoms with Crippen LogP contribution in [0.15, 0.2) is 23.8 Å². The molecule has 0 aromatic heterocycles. The van der Waals surface area contributed by atoms with Crippen LogP contribution < -0.4 is 0 Å². The number of hydrogen-bond acceptors (Lipinski definition) is 4. The first-order chi connectivity index (χ1) is 13.3. The summed E-state index contributed by atoms with van der Waals surface area (Å²) in [5.41, 5.74) is 0.950. The second-order valence-electron chi connectivity index (χ2n) is 8.85. The molecule has 0 spiro atoms. The van der Waals surface area contributed by atoms with Crippen LogP contribution in [0.4, 0.5) is 0 Å². The standard InChI is InChI=1S/C24H40O4/c1-24(2,3)23(26)28-18-12-11-16-21(19-20-13-7-5-8-14-20)15-9-6-10-17-22(25)27-4/h9,15,19-20H,5-8,10-14,16-18H2,1-4H3/b15-9+,21-19-. The molecule has 0 N–H and O–H groups in total. The summed E-state index contributed by atoms with van der Waals surface area (Å²) in [5, 5.41) is 0. The molecule has 1 aliphatic rings. The number of hydrogen-bond donors (Lipinski definition) is 0. The van der Waals surface area contributed by atoms with E-state index in [1.165, 1.54) is 44.8 Å². The summed E-state index contributed by atoms with van der Waals surface area (Å²) in [6.07, 6.45) is 18.6. The quantitative estimate of drug-likeness (QED) is 0.240. The van der Waals surface area contributed by atoms with E-state index >= 15 is 0 Å². The lowest BCUT2D eigenvalue weighted by molar-refractivity contribution is -0.153. The summed E-state index contributed by atoms with van der Waals surface area (Å²) < 4.78 is 10.0. The molecule has 28 heavy (non-hydrogen) atoms. The summed E-state index contributed by atoms with van der Waals surface area (Å²) in [6.45, 7) is 6.14. The second kappa shape index (κ2) is 13.6. The van der Waals surface area contributed by atoms with Crippen molar-refractivity contribution in [2.45, 2.75) is 91.4 Å². The predicted molar refractivity (Wildman–Crippen MR) is 114 cm³/mol. The maximum Gasteiger partial charge on any atom is 0.311 e.